The average Bonchev–Trinajstić information content (AvgIpc) is 3.36. The maximum Gasteiger partial charge on any atom is 0.191 e. The zero-order valence-electron chi connectivity index (χ0n) is 18.4. The van der Waals surface area contributed by atoms with E-state index in [4.69, 9.17) is 16.3 Å². The van der Waals surface area contributed by atoms with Gasteiger partial charge in [-0.25, -0.2) is 0 Å². The number of rotatable bonds is 7. The van der Waals surface area contributed by atoms with Crippen LogP contribution in [0.15, 0.2) is 35.6 Å². The van der Waals surface area contributed by atoms with Gasteiger partial charge in [-0.1, -0.05) is 11.6 Å². The summed E-state index contributed by atoms with van der Waals surface area (Å²) < 4.78 is 7.34. The number of nitrogens with zero attached hydrogens (tertiary/aromatic N) is 5. The van der Waals surface area contributed by atoms with E-state index in [9.17, 15) is 0 Å². The quantitative estimate of drug-likeness (QED) is 0.515. The number of halogens is 1. The molecule has 9 heteroatoms. The van der Waals surface area contributed by atoms with Crippen molar-refractivity contribution in [3.05, 3.63) is 41.2 Å². The molecule has 8 nitrogen and oxygen atoms in total. The van der Waals surface area contributed by atoms with Crippen molar-refractivity contribution in [2.75, 3.05) is 52.8 Å². The van der Waals surface area contributed by atoms with Gasteiger partial charge < -0.3 is 25.2 Å². The van der Waals surface area contributed by atoms with Gasteiger partial charge in [-0.05, 0) is 38.7 Å². The molecule has 1 aromatic heterocycles. The van der Waals surface area contributed by atoms with Crippen molar-refractivity contribution in [3.63, 3.8) is 0 Å². The standard InChI is InChI=1S/C21H32ClN7O/c1-23-21(24-12-19(27(2)3)15-11-25-28(4)13-15)26-17-8-9-29(14-17)18-10-16(22)6-7-20(18)30-5/h6-7,10-11,13,17,19H,8-9,12,14H2,1-5H3,(H2,23,24,26). The van der Waals surface area contributed by atoms with Crippen LogP contribution in [0.5, 0.6) is 5.75 Å². The van der Waals surface area contributed by atoms with Gasteiger partial charge in [0.2, 0.25) is 0 Å². The van der Waals surface area contributed by atoms with E-state index < -0.39 is 0 Å². The second-order valence-corrected chi connectivity index (χ2v) is 8.21. The lowest BCUT2D eigenvalue weighted by Crippen LogP contribution is -2.46. The number of aromatic nitrogens is 2. The largest absolute Gasteiger partial charge is 0.495 e. The van der Waals surface area contributed by atoms with Gasteiger partial charge in [0.15, 0.2) is 5.96 Å². The van der Waals surface area contributed by atoms with Gasteiger partial charge in [-0.15, -0.1) is 0 Å². The summed E-state index contributed by atoms with van der Waals surface area (Å²) in [7, 11) is 9.57. The first kappa shape index (κ1) is 22.2. The molecule has 0 bridgehead atoms. The number of guanidine groups is 1. The van der Waals surface area contributed by atoms with Gasteiger partial charge >= 0.3 is 0 Å². The molecule has 0 amide bonds. The van der Waals surface area contributed by atoms with Gasteiger partial charge in [-0.2, -0.15) is 5.10 Å². The van der Waals surface area contributed by atoms with Gasteiger partial charge in [0, 0.05) is 56.6 Å². The first-order chi connectivity index (χ1) is 14.4. The Morgan fingerprint density at radius 2 is 2.23 bits per heavy atom. The van der Waals surface area contributed by atoms with Gasteiger partial charge in [-0.3, -0.25) is 9.67 Å². The normalized spacial score (nSPS) is 18.0. The minimum Gasteiger partial charge on any atom is -0.495 e. The Kier molecular flexibility index (Phi) is 7.44. The maximum atomic E-state index is 6.21. The van der Waals surface area contributed by atoms with E-state index in [1.54, 1.807) is 14.2 Å². The molecule has 1 aliphatic heterocycles. The van der Waals surface area contributed by atoms with Crippen LogP contribution in [0.2, 0.25) is 5.02 Å². The number of aliphatic imine (C=N–C) groups is 1. The highest BCUT2D eigenvalue weighted by atomic mass is 35.5. The van der Waals surface area contributed by atoms with E-state index in [2.05, 4.69) is 50.8 Å². The van der Waals surface area contributed by atoms with Gasteiger partial charge in [0.25, 0.3) is 0 Å². The van der Waals surface area contributed by atoms with Crippen molar-refractivity contribution in [2.24, 2.45) is 12.0 Å². The number of benzene rings is 1. The zero-order valence-corrected chi connectivity index (χ0v) is 19.1. The highest BCUT2D eigenvalue weighted by molar-refractivity contribution is 6.30. The summed E-state index contributed by atoms with van der Waals surface area (Å²) in [6.07, 6.45) is 4.97. The summed E-state index contributed by atoms with van der Waals surface area (Å²) in [4.78, 5) is 8.90. The molecular formula is C21H32ClN7O. The van der Waals surface area contributed by atoms with E-state index in [-0.39, 0.29) is 12.1 Å². The lowest BCUT2D eigenvalue weighted by atomic mass is 10.1. The Morgan fingerprint density at radius 3 is 2.87 bits per heavy atom. The fourth-order valence-electron chi connectivity index (χ4n) is 3.80. The Morgan fingerprint density at radius 1 is 1.43 bits per heavy atom. The molecule has 0 aliphatic carbocycles. The van der Waals surface area contributed by atoms with Crippen LogP contribution in [-0.4, -0.2) is 74.6 Å². The number of aryl methyl sites for hydroxylation is 1. The predicted molar refractivity (Wildman–Crippen MR) is 123 cm³/mol. The van der Waals surface area contributed by atoms with E-state index in [0.29, 0.717) is 5.02 Å². The Bertz CT molecular complexity index is 867. The SMILES string of the molecule is CN=C(NCC(c1cnn(C)c1)N(C)C)NC1CCN(c2cc(Cl)ccc2OC)C1. The number of nitrogens with one attached hydrogen (secondary N) is 2. The van der Waals surface area contributed by atoms with E-state index in [1.807, 2.05) is 36.1 Å². The Hall–Kier alpha value is -2.45. The molecule has 30 heavy (non-hydrogen) atoms. The summed E-state index contributed by atoms with van der Waals surface area (Å²) >= 11 is 6.21. The van der Waals surface area contributed by atoms with Crippen molar-refractivity contribution < 1.29 is 4.74 Å². The van der Waals surface area contributed by atoms with Crippen LogP contribution in [0.1, 0.15) is 18.0 Å². The van der Waals surface area contributed by atoms with Gasteiger partial charge in [0.05, 0.1) is 25.0 Å². The predicted octanol–water partition coefficient (Wildman–Crippen LogP) is 2.13. The third-order valence-electron chi connectivity index (χ3n) is 5.43. The van der Waals surface area contributed by atoms with Crippen LogP contribution >= 0.6 is 11.6 Å². The zero-order chi connectivity index (χ0) is 21.7. The van der Waals surface area contributed by atoms with Crippen molar-refractivity contribution >= 4 is 23.2 Å². The monoisotopic (exact) mass is 433 g/mol. The second kappa shape index (κ2) is 10.0. The second-order valence-electron chi connectivity index (χ2n) is 7.77. The molecule has 3 rings (SSSR count). The smallest absolute Gasteiger partial charge is 0.191 e. The topological polar surface area (TPSA) is 70.0 Å². The average molecular weight is 434 g/mol. The molecule has 0 radical (unpaired) electrons. The molecule has 1 fully saturated rings. The fourth-order valence-corrected chi connectivity index (χ4v) is 3.97. The number of anilines is 1. The lowest BCUT2D eigenvalue weighted by molar-refractivity contribution is 0.298. The van der Waals surface area contributed by atoms with E-state index in [1.165, 1.54) is 5.56 Å². The van der Waals surface area contributed by atoms with Crippen LogP contribution in [0.3, 0.4) is 0 Å². The summed E-state index contributed by atoms with van der Waals surface area (Å²) in [6, 6.07) is 6.22. The number of hydrogen-bond donors (Lipinski definition) is 2. The minimum atomic E-state index is 0.202. The molecule has 1 saturated heterocycles. The third-order valence-corrected chi connectivity index (χ3v) is 5.67. The number of ether oxygens (including phenoxy) is 1. The van der Waals surface area contributed by atoms with Crippen LogP contribution in [-0.2, 0) is 7.05 Å². The molecule has 2 unspecified atom stereocenters. The summed E-state index contributed by atoms with van der Waals surface area (Å²) in [5.74, 6) is 1.64. The fraction of sp³-hybridized carbons (Fsp3) is 0.524. The van der Waals surface area contributed by atoms with E-state index in [0.717, 1.165) is 43.5 Å². The third kappa shape index (κ3) is 5.37. The molecule has 2 heterocycles. The van der Waals surface area contributed by atoms with Crippen LogP contribution < -0.4 is 20.3 Å². The molecule has 1 aliphatic rings. The Labute approximate surface area is 183 Å². The molecule has 2 aromatic rings. The maximum absolute atomic E-state index is 6.21. The van der Waals surface area contributed by atoms with Crippen molar-refractivity contribution in [3.8, 4) is 5.75 Å². The molecule has 2 atom stereocenters. The molecule has 0 saturated carbocycles. The highest BCUT2D eigenvalue weighted by Gasteiger charge is 2.26. The molecule has 1 aromatic carbocycles. The lowest BCUT2D eigenvalue weighted by Gasteiger charge is -2.26. The summed E-state index contributed by atoms with van der Waals surface area (Å²) in [6.45, 7) is 2.52. The number of hydrogen-bond acceptors (Lipinski definition) is 5. The van der Waals surface area contributed by atoms with Crippen molar-refractivity contribution in [1.29, 1.82) is 0 Å². The first-order valence-corrected chi connectivity index (χ1v) is 10.5. The Balaban J connectivity index is 1.58. The summed E-state index contributed by atoms with van der Waals surface area (Å²) in [5.41, 5.74) is 2.20. The van der Waals surface area contributed by atoms with Crippen molar-refractivity contribution in [1.82, 2.24) is 25.3 Å². The van der Waals surface area contributed by atoms with Crippen LogP contribution in [0.4, 0.5) is 5.69 Å². The van der Waals surface area contributed by atoms with E-state index >= 15 is 0 Å². The minimum absolute atomic E-state index is 0.202. The van der Waals surface area contributed by atoms with Crippen LogP contribution in [0.25, 0.3) is 0 Å². The number of likely N-dealkylation sites (N-methyl/N-ethyl adjacent to an activating group) is 1. The summed E-state index contributed by atoms with van der Waals surface area (Å²) in [5, 5.41) is 12.0. The molecular weight excluding hydrogens is 402 g/mol. The number of methoxy groups -OCH3 is 1. The van der Waals surface area contributed by atoms with Crippen molar-refractivity contribution in [2.45, 2.75) is 18.5 Å². The van der Waals surface area contributed by atoms with Gasteiger partial charge in [0.1, 0.15) is 5.75 Å². The van der Waals surface area contributed by atoms with Crippen LogP contribution in [0, 0.1) is 0 Å². The molecule has 164 valence electrons. The molecule has 0 spiro atoms. The highest BCUT2D eigenvalue weighted by Crippen LogP contribution is 2.33. The molecule has 2 N–H and O–H groups in total. The first-order valence-electron chi connectivity index (χ1n) is 10.1.